The van der Waals surface area contributed by atoms with E-state index in [4.69, 9.17) is 20.8 Å². The smallest absolute Gasteiger partial charge is 0.327 e. The molecule has 35 heavy (non-hydrogen) atoms. The number of piperazine rings is 1. The largest absolute Gasteiger partial charge is 0.468 e. The van der Waals surface area contributed by atoms with Gasteiger partial charge in [0, 0.05) is 42.3 Å². The van der Waals surface area contributed by atoms with E-state index in [1.54, 1.807) is 35.2 Å². The summed E-state index contributed by atoms with van der Waals surface area (Å²) < 4.78 is 10.9. The molecule has 1 saturated heterocycles. The van der Waals surface area contributed by atoms with Crippen LogP contribution in [0.4, 0.5) is 0 Å². The first-order valence-corrected chi connectivity index (χ1v) is 11.7. The van der Waals surface area contributed by atoms with Gasteiger partial charge in [0.25, 0.3) is 5.91 Å². The molecule has 0 spiro atoms. The number of aromatic nitrogens is 1. The standard InChI is InChI=1S/C27H24ClN3O4/c1-34-27(33)24(18-6-3-2-4-7-18)30-12-14-31(15-13-30)26(32)20-9-5-8-19(16-20)25-29-22-17-21(28)10-11-23(22)35-25/h2-11,16-17,24H,12-15H2,1H3. The molecule has 5 rings (SSSR count). The average molecular weight is 490 g/mol. The molecule has 1 amide bonds. The number of hydrogen-bond donors (Lipinski definition) is 0. The molecule has 178 valence electrons. The lowest BCUT2D eigenvalue weighted by molar-refractivity contribution is -0.148. The molecule has 0 saturated carbocycles. The molecule has 1 aromatic heterocycles. The number of hydrogen-bond acceptors (Lipinski definition) is 6. The summed E-state index contributed by atoms with van der Waals surface area (Å²) in [5.74, 6) is 0.0637. The number of benzene rings is 3. The summed E-state index contributed by atoms with van der Waals surface area (Å²) in [6.45, 7) is 2.13. The van der Waals surface area contributed by atoms with Crippen molar-refractivity contribution in [3.8, 4) is 11.5 Å². The Balaban J connectivity index is 1.31. The van der Waals surface area contributed by atoms with Crippen LogP contribution < -0.4 is 0 Å². The van der Waals surface area contributed by atoms with Gasteiger partial charge in [0.2, 0.25) is 5.89 Å². The third-order valence-corrected chi connectivity index (χ3v) is 6.45. The van der Waals surface area contributed by atoms with Crippen LogP contribution in [0.25, 0.3) is 22.6 Å². The number of carbonyl (C=O) groups excluding carboxylic acids is 2. The second-order valence-electron chi connectivity index (χ2n) is 8.38. The molecular weight excluding hydrogens is 466 g/mol. The van der Waals surface area contributed by atoms with Crippen LogP contribution in [0.3, 0.4) is 0 Å². The highest BCUT2D eigenvalue weighted by Crippen LogP contribution is 2.28. The summed E-state index contributed by atoms with van der Waals surface area (Å²) in [6.07, 6.45) is 0. The Morgan fingerprint density at radius 1 is 0.971 bits per heavy atom. The van der Waals surface area contributed by atoms with E-state index in [1.165, 1.54) is 7.11 Å². The SMILES string of the molecule is COC(=O)C(c1ccccc1)N1CCN(C(=O)c2cccc(-c3nc4cc(Cl)ccc4o3)c2)CC1. The number of amides is 1. The number of methoxy groups -OCH3 is 1. The number of ether oxygens (including phenoxy) is 1. The molecule has 3 aromatic carbocycles. The fourth-order valence-corrected chi connectivity index (χ4v) is 4.58. The molecule has 0 aliphatic carbocycles. The molecule has 1 unspecified atom stereocenters. The van der Waals surface area contributed by atoms with Crippen LogP contribution in [0, 0.1) is 0 Å². The van der Waals surface area contributed by atoms with Gasteiger partial charge in [0.15, 0.2) is 5.58 Å². The molecule has 0 bridgehead atoms. The van der Waals surface area contributed by atoms with Crippen LogP contribution in [0.1, 0.15) is 22.0 Å². The predicted octanol–water partition coefficient (Wildman–Crippen LogP) is 4.82. The number of fused-ring (bicyclic) bond motifs is 1. The van der Waals surface area contributed by atoms with Gasteiger partial charge in [0.1, 0.15) is 11.6 Å². The van der Waals surface area contributed by atoms with Gasteiger partial charge >= 0.3 is 5.97 Å². The lowest BCUT2D eigenvalue weighted by Crippen LogP contribution is -2.51. The van der Waals surface area contributed by atoms with Crippen molar-refractivity contribution in [1.82, 2.24) is 14.8 Å². The molecule has 2 heterocycles. The number of esters is 1. The number of nitrogens with zero attached hydrogens (tertiary/aromatic N) is 3. The van der Waals surface area contributed by atoms with Crippen LogP contribution in [-0.2, 0) is 9.53 Å². The van der Waals surface area contributed by atoms with Crippen molar-refractivity contribution in [2.24, 2.45) is 0 Å². The Morgan fingerprint density at radius 3 is 2.49 bits per heavy atom. The van der Waals surface area contributed by atoms with E-state index in [0.29, 0.717) is 53.8 Å². The minimum atomic E-state index is -0.491. The third-order valence-electron chi connectivity index (χ3n) is 6.21. The molecule has 4 aromatic rings. The maximum Gasteiger partial charge on any atom is 0.327 e. The molecule has 8 heteroatoms. The number of carbonyl (C=O) groups is 2. The topological polar surface area (TPSA) is 75.9 Å². The predicted molar refractivity (Wildman–Crippen MR) is 133 cm³/mol. The molecule has 0 radical (unpaired) electrons. The van der Waals surface area contributed by atoms with Gasteiger partial charge in [-0.25, -0.2) is 9.78 Å². The first-order valence-electron chi connectivity index (χ1n) is 11.4. The van der Waals surface area contributed by atoms with Gasteiger partial charge in [-0.15, -0.1) is 0 Å². The van der Waals surface area contributed by atoms with E-state index in [9.17, 15) is 9.59 Å². The highest BCUT2D eigenvalue weighted by Gasteiger charge is 2.32. The normalized spacial score (nSPS) is 15.2. The van der Waals surface area contributed by atoms with Gasteiger partial charge < -0.3 is 14.1 Å². The van der Waals surface area contributed by atoms with Crippen molar-refractivity contribution < 1.29 is 18.7 Å². The summed E-state index contributed by atoms with van der Waals surface area (Å²) in [7, 11) is 1.40. The van der Waals surface area contributed by atoms with Crippen LogP contribution in [0.2, 0.25) is 5.02 Å². The van der Waals surface area contributed by atoms with Crippen molar-refractivity contribution in [3.63, 3.8) is 0 Å². The number of rotatable bonds is 5. The van der Waals surface area contributed by atoms with Gasteiger partial charge in [0.05, 0.1) is 7.11 Å². The van der Waals surface area contributed by atoms with E-state index in [-0.39, 0.29) is 11.9 Å². The summed E-state index contributed by atoms with van der Waals surface area (Å²) in [5, 5.41) is 0.585. The summed E-state index contributed by atoms with van der Waals surface area (Å²) in [5.41, 5.74) is 3.46. The lowest BCUT2D eigenvalue weighted by atomic mass is 10.0. The fourth-order valence-electron chi connectivity index (χ4n) is 4.42. The van der Waals surface area contributed by atoms with E-state index in [0.717, 1.165) is 11.1 Å². The van der Waals surface area contributed by atoms with Crippen LogP contribution in [0.5, 0.6) is 0 Å². The van der Waals surface area contributed by atoms with Crippen LogP contribution in [-0.4, -0.2) is 59.9 Å². The summed E-state index contributed by atoms with van der Waals surface area (Å²) >= 11 is 6.06. The summed E-state index contributed by atoms with van der Waals surface area (Å²) in [4.78, 5) is 34.2. The van der Waals surface area contributed by atoms with E-state index in [2.05, 4.69) is 9.88 Å². The molecule has 1 atom stereocenters. The Hall–Kier alpha value is -3.68. The van der Waals surface area contributed by atoms with Crippen molar-refractivity contribution in [1.29, 1.82) is 0 Å². The first-order chi connectivity index (χ1) is 17.0. The second kappa shape index (κ2) is 9.90. The molecule has 1 fully saturated rings. The number of oxazole rings is 1. The molecule has 0 N–H and O–H groups in total. The van der Waals surface area contributed by atoms with Crippen molar-refractivity contribution in [2.75, 3.05) is 33.3 Å². The van der Waals surface area contributed by atoms with Gasteiger partial charge in [-0.05, 0) is 42.0 Å². The van der Waals surface area contributed by atoms with Gasteiger partial charge in [-0.3, -0.25) is 9.69 Å². The molecule has 1 aliphatic heterocycles. The van der Waals surface area contributed by atoms with E-state index >= 15 is 0 Å². The van der Waals surface area contributed by atoms with Crippen LogP contribution in [0.15, 0.2) is 77.2 Å². The lowest BCUT2D eigenvalue weighted by Gasteiger charge is -2.38. The monoisotopic (exact) mass is 489 g/mol. The average Bonchev–Trinajstić information content (AvgIpc) is 3.33. The Morgan fingerprint density at radius 2 is 1.74 bits per heavy atom. The third kappa shape index (κ3) is 4.78. The van der Waals surface area contributed by atoms with Crippen molar-refractivity contribution in [2.45, 2.75) is 6.04 Å². The maximum atomic E-state index is 13.3. The Labute approximate surface area is 207 Å². The zero-order valence-electron chi connectivity index (χ0n) is 19.2. The van der Waals surface area contributed by atoms with E-state index in [1.807, 2.05) is 42.5 Å². The van der Waals surface area contributed by atoms with Gasteiger partial charge in [-0.1, -0.05) is 48.0 Å². The summed E-state index contributed by atoms with van der Waals surface area (Å²) in [6, 6.07) is 21.6. The first kappa shape index (κ1) is 23.1. The molecule has 1 aliphatic rings. The molecule has 7 nitrogen and oxygen atoms in total. The zero-order valence-corrected chi connectivity index (χ0v) is 19.9. The fraction of sp³-hybridized carbons (Fsp3) is 0.222. The molecular formula is C27H24ClN3O4. The van der Waals surface area contributed by atoms with E-state index < -0.39 is 6.04 Å². The minimum absolute atomic E-state index is 0.0695. The highest BCUT2D eigenvalue weighted by molar-refractivity contribution is 6.31. The Kier molecular flexibility index (Phi) is 6.53. The van der Waals surface area contributed by atoms with Crippen molar-refractivity contribution in [3.05, 3.63) is 88.9 Å². The second-order valence-corrected chi connectivity index (χ2v) is 8.81. The zero-order chi connectivity index (χ0) is 24.4. The maximum absolute atomic E-state index is 13.3. The van der Waals surface area contributed by atoms with Crippen molar-refractivity contribution >= 4 is 34.6 Å². The quantitative estimate of drug-likeness (QED) is 0.374. The van der Waals surface area contributed by atoms with Gasteiger partial charge in [-0.2, -0.15) is 0 Å². The highest BCUT2D eigenvalue weighted by atomic mass is 35.5. The Bertz CT molecular complexity index is 1360. The number of halogens is 1. The van der Waals surface area contributed by atoms with Crippen LogP contribution >= 0.6 is 11.6 Å². The minimum Gasteiger partial charge on any atom is -0.468 e.